The smallest absolute Gasteiger partial charge is 0.225 e. The summed E-state index contributed by atoms with van der Waals surface area (Å²) in [4.78, 5) is 13.0. The molecule has 0 aliphatic heterocycles. The summed E-state index contributed by atoms with van der Waals surface area (Å²) in [5.41, 5.74) is 6.77. The van der Waals surface area contributed by atoms with Crippen molar-refractivity contribution in [3.63, 3.8) is 0 Å². The Bertz CT molecular complexity index is 651. The highest BCUT2D eigenvalue weighted by Gasteiger charge is 2.06. The van der Waals surface area contributed by atoms with Crippen molar-refractivity contribution >= 4 is 56.6 Å². The van der Waals surface area contributed by atoms with Gasteiger partial charge in [-0.3, -0.25) is 4.79 Å². The monoisotopic (exact) mass is 384 g/mol. The van der Waals surface area contributed by atoms with Crippen molar-refractivity contribution in [1.29, 1.82) is 0 Å². The lowest BCUT2D eigenvalue weighted by molar-refractivity contribution is -0.115. The van der Waals surface area contributed by atoms with Crippen LogP contribution >= 0.6 is 39.3 Å². The molecule has 0 spiro atoms. The second-order valence-corrected chi connectivity index (χ2v) is 6.83. The Hall–Kier alpha value is -1.17. The number of rotatable bonds is 5. The van der Waals surface area contributed by atoms with Crippen LogP contribution in [-0.2, 0) is 4.79 Å². The highest BCUT2D eigenvalue weighted by atomic mass is 79.9. The van der Waals surface area contributed by atoms with Gasteiger partial charge in [0.05, 0.1) is 10.7 Å². The summed E-state index contributed by atoms with van der Waals surface area (Å²) < 4.78 is 1.03. The predicted molar refractivity (Wildman–Crippen MR) is 94.0 cm³/mol. The maximum atomic E-state index is 11.9. The number of amides is 1. The van der Waals surface area contributed by atoms with Crippen molar-refractivity contribution in [1.82, 2.24) is 0 Å². The maximum Gasteiger partial charge on any atom is 0.225 e. The fourth-order valence-corrected chi connectivity index (χ4v) is 3.36. The zero-order chi connectivity index (χ0) is 15.2. The number of nitrogens with two attached hydrogens (primary N) is 1. The molecule has 0 bridgehead atoms. The average molecular weight is 386 g/mol. The topological polar surface area (TPSA) is 55.1 Å². The van der Waals surface area contributed by atoms with Crippen LogP contribution in [0.15, 0.2) is 51.8 Å². The number of hydrogen-bond acceptors (Lipinski definition) is 3. The number of anilines is 2. The molecular formula is C15H14BrClN2OS. The van der Waals surface area contributed by atoms with Crippen LogP contribution in [0.5, 0.6) is 0 Å². The summed E-state index contributed by atoms with van der Waals surface area (Å²) in [6.45, 7) is 0. The molecule has 3 nitrogen and oxygen atoms in total. The van der Waals surface area contributed by atoms with Crippen molar-refractivity contribution in [2.75, 3.05) is 16.8 Å². The first kappa shape index (κ1) is 16.2. The third-order valence-electron chi connectivity index (χ3n) is 2.66. The highest BCUT2D eigenvalue weighted by Crippen LogP contribution is 2.25. The van der Waals surface area contributed by atoms with Crippen LogP contribution in [0.3, 0.4) is 0 Å². The summed E-state index contributed by atoms with van der Waals surface area (Å²) in [5.74, 6) is 0.638. The van der Waals surface area contributed by atoms with E-state index in [0.717, 1.165) is 9.37 Å². The molecule has 0 unspecified atom stereocenters. The van der Waals surface area contributed by atoms with Crippen molar-refractivity contribution in [2.24, 2.45) is 0 Å². The molecular weight excluding hydrogens is 372 g/mol. The molecule has 1 amide bonds. The van der Waals surface area contributed by atoms with Crippen LogP contribution in [0.25, 0.3) is 0 Å². The Morgan fingerprint density at radius 1 is 1.29 bits per heavy atom. The van der Waals surface area contributed by atoms with Crippen molar-refractivity contribution < 1.29 is 4.79 Å². The van der Waals surface area contributed by atoms with Gasteiger partial charge in [-0.05, 0) is 36.4 Å². The van der Waals surface area contributed by atoms with Gasteiger partial charge in [0.1, 0.15) is 0 Å². The first-order valence-corrected chi connectivity index (χ1v) is 8.43. The van der Waals surface area contributed by atoms with E-state index < -0.39 is 0 Å². The van der Waals surface area contributed by atoms with Gasteiger partial charge in [0.15, 0.2) is 0 Å². The molecule has 110 valence electrons. The van der Waals surface area contributed by atoms with E-state index in [1.165, 1.54) is 0 Å². The van der Waals surface area contributed by atoms with Gasteiger partial charge in [-0.1, -0.05) is 33.6 Å². The quantitative estimate of drug-likeness (QED) is 0.574. The molecule has 0 aromatic heterocycles. The Morgan fingerprint density at radius 3 is 2.81 bits per heavy atom. The Labute approximate surface area is 141 Å². The summed E-state index contributed by atoms with van der Waals surface area (Å²) in [7, 11) is 0. The van der Waals surface area contributed by atoms with E-state index in [0.29, 0.717) is 28.6 Å². The van der Waals surface area contributed by atoms with Gasteiger partial charge in [-0.25, -0.2) is 0 Å². The lowest BCUT2D eigenvalue weighted by Gasteiger charge is -2.08. The standard InChI is InChI=1S/C15H14BrClN2OS/c16-10-2-1-3-12(8-10)21-7-6-15(20)19-14-5-4-11(18)9-13(14)17/h1-5,8-9H,6-7,18H2,(H,19,20). The molecule has 2 aromatic rings. The second-order valence-electron chi connectivity index (χ2n) is 4.34. The maximum absolute atomic E-state index is 11.9. The molecule has 2 rings (SSSR count). The first-order valence-electron chi connectivity index (χ1n) is 6.28. The van der Waals surface area contributed by atoms with Gasteiger partial charge in [0.25, 0.3) is 0 Å². The Morgan fingerprint density at radius 2 is 2.10 bits per heavy atom. The normalized spacial score (nSPS) is 10.4. The second kappa shape index (κ2) is 7.73. The molecule has 0 aliphatic rings. The summed E-state index contributed by atoms with van der Waals surface area (Å²) >= 11 is 11.1. The Balaban J connectivity index is 1.82. The third kappa shape index (κ3) is 5.26. The molecule has 0 radical (unpaired) electrons. The van der Waals surface area contributed by atoms with E-state index in [1.54, 1.807) is 30.0 Å². The molecule has 0 aliphatic carbocycles. The van der Waals surface area contributed by atoms with Crippen LogP contribution in [0, 0.1) is 0 Å². The van der Waals surface area contributed by atoms with Crippen molar-refractivity contribution in [3.8, 4) is 0 Å². The van der Waals surface area contributed by atoms with E-state index in [9.17, 15) is 4.79 Å². The SMILES string of the molecule is Nc1ccc(NC(=O)CCSc2cccc(Br)c2)c(Cl)c1. The summed E-state index contributed by atoms with van der Waals surface area (Å²) in [6, 6.07) is 13.0. The van der Waals surface area contributed by atoms with Crippen LogP contribution in [-0.4, -0.2) is 11.7 Å². The van der Waals surface area contributed by atoms with E-state index in [-0.39, 0.29) is 5.91 Å². The zero-order valence-electron chi connectivity index (χ0n) is 11.1. The minimum absolute atomic E-state index is 0.0656. The molecule has 3 N–H and O–H groups in total. The van der Waals surface area contributed by atoms with Gasteiger partial charge in [0.2, 0.25) is 5.91 Å². The first-order chi connectivity index (χ1) is 10.0. The summed E-state index contributed by atoms with van der Waals surface area (Å²) in [5, 5.41) is 3.23. The number of carbonyl (C=O) groups is 1. The average Bonchev–Trinajstić information content (AvgIpc) is 2.42. The molecule has 0 fully saturated rings. The lowest BCUT2D eigenvalue weighted by Crippen LogP contribution is -2.12. The van der Waals surface area contributed by atoms with Crippen LogP contribution in [0.1, 0.15) is 6.42 Å². The molecule has 0 heterocycles. The number of nitrogens with one attached hydrogen (secondary N) is 1. The van der Waals surface area contributed by atoms with Gasteiger partial charge < -0.3 is 11.1 Å². The van der Waals surface area contributed by atoms with Gasteiger partial charge in [0, 0.05) is 27.2 Å². The molecule has 2 aromatic carbocycles. The largest absolute Gasteiger partial charge is 0.399 e. The third-order valence-corrected chi connectivity index (χ3v) is 4.46. The lowest BCUT2D eigenvalue weighted by atomic mass is 10.3. The van der Waals surface area contributed by atoms with Gasteiger partial charge in [-0.15, -0.1) is 11.8 Å². The van der Waals surface area contributed by atoms with Crippen molar-refractivity contribution in [2.45, 2.75) is 11.3 Å². The van der Waals surface area contributed by atoms with E-state index in [2.05, 4.69) is 21.2 Å². The van der Waals surface area contributed by atoms with Crippen molar-refractivity contribution in [3.05, 3.63) is 52.0 Å². The summed E-state index contributed by atoms with van der Waals surface area (Å²) in [6.07, 6.45) is 0.415. The van der Waals surface area contributed by atoms with E-state index >= 15 is 0 Å². The minimum atomic E-state index is -0.0656. The van der Waals surface area contributed by atoms with Gasteiger partial charge in [-0.2, -0.15) is 0 Å². The predicted octanol–water partition coefficient (Wildman–Crippen LogP) is 4.81. The fraction of sp³-hybridized carbons (Fsp3) is 0.133. The number of carbonyl (C=O) groups excluding carboxylic acids is 1. The van der Waals surface area contributed by atoms with Crippen LogP contribution in [0.4, 0.5) is 11.4 Å². The van der Waals surface area contributed by atoms with Crippen LogP contribution in [0.2, 0.25) is 5.02 Å². The number of hydrogen-bond donors (Lipinski definition) is 2. The van der Waals surface area contributed by atoms with Crippen LogP contribution < -0.4 is 11.1 Å². The molecule has 21 heavy (non-hydrogen) atoms. The van der Waals surface area contributed by atoms with Gasteiger partial charge >= 0.3 is 0 Å². The number of thioether (sulfide) groups is 1. The minimum Gasteiger partial charge on any atom is -0.399 e. The Kier molecular flexibility index (Phi) is 5.96. The molecule has 0 atom stereocenters. The van der Waals surface area contributed by atoms with E-state index in [4.69, 9.17) is 17.3 Å². The number of halogens is 2. The molecule has 6 heteroatoms. The zero-order valence-corrected chi connectivity index (χ0v) is 14.3. The highest BCUT2D eigenvalue weighted by molar-refractivity contribution is 9.10. The molecule has 0 saturated carbocycles. The number of benzene rings is 2. The number of nitrogen functional groups attached to an aromatic ring is 1. The molecule has 0 saturated heterocycles. The fourth-order valence-electron chi connectivity index (χ4n) is 1.66. The van der Waals surface area contributed by atoms with E-state index in [1.807, 2.05) is 24.3 Å².